The highest BCUT2D eigenvalue weighted by Crippen LogP contribution is 2.22. The van der Waals surface area contributed by atoms with Crippen molar-refractivity contribution in [1.82, 2.24) is 0 Å². The van der Waals surface area contributed by atoms with Crippen molar-refractivity contribution in [2.24, 2.45) is 0 Å². The van der Waals surface area contributed by atoms with Gasteiger partial charge in [0.05, 0.1) is 7.11 Å². The number of ether oxygens (including phenoxy) is 1. The molecule has 0 aliphatic carbocycles. The summed E-state index contributed by atoms with van der Waals surface area (Å²) in [6, 6.07) is 22.7. The fraction of sp³-hybridized carbons (Fsp3) is 0.174. The second kappa shape index (κ2) is 8.29. The molecule has 0 saturated carbocycles. The van der Waals surface area contributed by atoms with Crippen LogP contribution in [-0.2, 0) is 11.2 Å². The molecule has 0 aliphatic rings. The van der Waals surface area contributed by atoms with Gasteiger partial charge in [-0.1, -0.05) is 60.7 Å². The van der Waals surface area contributed by atoms with Crippen LogP contribution >= 0.6 is 0 Å². The van der Waals surface area contributed by atoms with E-state index in [-0.39, 0.29) is 0 Å². The van der Waals surface area contributed by atoms with Gasteiger partial charge in [-0.3, -0.25) is 4.79 Å². The molecule has 0 bridgehead atoms. The van der Waals surface area contributed by atoms with Crippen molar-refractivity contribution in [1.29, 1.82) is 0 Å². The zero-order chi connectivity index (χ0) is 17.5. The maximum atomic E-state index is 11.4. The van der Waals surface area contributed by atoms with Crippen LogP contribution in [0.15, 0.2) is 72.3 Å². The Labute approximate surface area is 148 Å². The molecule has 0 heterocycles. The molecular formula is C23H22O2. The molecule has 2 heteroatoms. The molecule has 0 atom stereocenters. The summed E-state index contributed by atoms with van der Waals surface area (Å²) in [7, 11) is 1.65. The second-order valence-electron chi connectivity index (χ2n) is 6.11. The largest absolute Gasteiger partial charge is 0.496 e. The molecule has 3 aromatic rings. The quantitative estimate of drug-likeness (QED) is 0.425. The van der Waals surface area contributed by atoms with Gasteiger partial charge in [-0.05, 0) is 53.3 Å². The van der Waals surface area contributed by atoms with Gasteiger partial charge in [0.25, 0.3) is 0 Å². The highest BCUT2D eigenvalue weighted by Gasteiger charge is 2.03. The highest BCUT2D eigenvalue weighted by atomic mass is 16.5. The fourth-order valence-corrected chi connectivity index (χ4v) is 3.04. The van der Waals surface area contributed by atoms with Crippen molar-refractivity contribution in [3.63, 3.8) is 0 Å². The minimum Gasteiger partial charge on any atom is -0.496 e. The molecular weight excluding hydrogens is 308 g/mol. The van der Waals surface area contributed by atoms with Crippen LogP contribution < -0.4 is 4.74 Å². The zero-order valence-corrected chi connectivity index (χ0v) is 14.4. The van der Waals surface area contributed by atoms with Crippen LogP contribution in [0.5, 0.6) is 5.75 Å². The van der Waals surface area contributed by atoms with Gasteiger partial charge in [0.15, 0.2) is 0 Å². The first-order valence-corrected chi connectivity index (χ1v) is 8.56. The van der Waals surface area contributed by atoms with Gasteiger partial charge in [-0.25, -0.2) is 0 Å². The third kappa shape index (κ3) is 4.36. The maximum Gasteiger partial charge on any atom is 0.146 e. The van der Waals surface area contributed by atoms with E-state index in [0.717, 1.165) is 42.4 Å². The molecule has 126 valence electrons. The average molecular weight is 330 g/mol. The lowest BCUT2D eigenvalue weighted by Gasteiger charge is -2.06. The lowest BCUT2D eigenvalue weighted by atomic mass is 10.0. The molecule has 0 saturated heterocycles. The first kappa shape index (κ1) is 17.0. The Hall–Kier alpha value is -2.87. The molecule has 0 radical (unpaired) electrons. The van der Waals surface area contributed by atoms with Gasteiger partial charge in [-0.15, -0.1) is 0 Å². The van der Waals surface area contributed by atoms with Crippen molar-refractivity contribution in [3.8, 4) is 5.75 Å². The lowest BCUT2D eigenvalue weighted by molar-refractivity contribution is -0.105. The SMILES string of the molecule is COc1ccccc1/C=C(\C=O)CCCc1ccc2ccccc2c1. The topological polar surface area (TPSA) is 26.3 Å². The number of carbonyl (C=O) groups is 1. The van der Waals surface area contributed by atoms with Gasteiger partial charge in [0.1, 0.15) is 12.0 Å². The minimum atomic E-state index is 0.758. The standard InChI is InChI=1S/C23H22O2/c1-25-23-12-5-4-11-22(23)16-19(17-24)8-6-7-18-13-14-20-9-2-3-10-21(20)15-18/h2-5,9-17H,6-8H2,1H3/b19-16-. The van der Waals surface area contributed by atoms with Crippen molar-refractivity contribution >= 4 is 23.1 Å². The van der Waals surface area contributed by atoms with E-state index in [1.165, 1.54) is 16.3 Å². The summed E-state index contributed by atoms with van der Waals surface area (Å²) in [4.78, 5) is 11.4. The van der Waals surface area contributed by atoms with Crippen molar-refractivity contribution < 1.29 is 9.53 Å². The monoisotopic (exact) mass is 330 g/mol. The number of allylic oxidation sites excluding steroid dienone is 1. The van der Waals surface area contributed by atoms with Crippen molar-refractivity contribution in [3.05, 3.63) is 83.4 Å². The summed E-state index contributed by atoms with van der Waals surface area (Å²) in [6.07, 6.45) is 5.54. The summed E-state index contributed by atoms with van der Waals surface area (Å²) >= 11 is 0. The molecule has 0 N–H and O–H groups in total. The number of benzene rings is 3. The first-order chi connectivity index (χ1) is 12.3. The number of hydrogen-bond acceptors (Lipinski definition) is 2. The molecule has 0 spiro atoms. The average Bonchev–Trinajstić information content (AvgIpc) is 2.67. The number of methoxy groups -OCH3 is 1. The summed E-state index contributed by atoms with van der Waals surface area (Å²) in [5.74, 6) is 0.788. The smallest absolute Gasteiger partial charge is 0.146 e. The zero-order valence-electron chi connectivity index (χ0n) is 14.4. The van der Waals surface area contributed by atoms with E-state index in [9.17, 15) is 4.79 Å². The molecule has 0 fully saturated rings. The van der Waals surface area contributed by atoms with E-state index in [1.807, 2.05) is 30.3 Å². The number of rotatable bonds is 7. The van der Waals surface area contributed by atoms with E-state index in [1.54, 1.807) is 7.11 Å². The molecule has 0 amide bonds. The molecule has 0 unspecified atom stereocenters. The molecule has 3 rings (SSSR count). The van der Waals surface area contributed by atoms with E-state index in [0.29, 0.717) is 0 Å². The number of aldehydes is 1. The third-order valence-electron chi connectivity index (χ3n) is 4.38. The van der Waals surface area contributed by atoms with Crippen molar-refractivity contribution in [2.45, 2.75) is 19.3 Å². The Kier molecular flexibility index (Phi) is 5.63. The van der Waals surface area contributed by atoms with Crippen LogP contribution in [0, 0.1) is 0 Å². The third-order valence-corrected chi connectivity index (χ3v) is 4.38. The van der Waals surface area contributed by atoms with Crippen LogP contribution in [-0.4, -0.2) is 13.4 Å². The van der Waals surface area contributed by atoms with Crippen LogP contribution in [0.2, 0.25) is 0 Å². The molecule has 3 aromatic carbocycles. The fourth-order valence-electron chi connectivity index (χ4n) is 3.04. The van der Waals surface area contributed by atoms with Gasteiger partial charge in [0.2, 0.25) is 0 Å². The van der Waals surface area contributed by atoms with Crippen LogP contribution in [0.25, 0.3) is 16.8 Å². The van der Waals surface area contributed by atoms with Gasteiger partial charge in [0, 0.05) is 5.56 Å². The highest BCUT2D eigenvalue weighted by molar-refractivity contribution is 5.83. The van der Waals surface area contributed by atoms with Crippen molar-refractivity contribution in [2.75, 3.05) is 7.11 Å². The number of carbonyl (C=O) groups excluding carboxylic acids is 1. The Bertz CT molecular complexity index is 893. The summed E-state index contributed by atoms with van der Waals surface area (Å²) in [5, 5.41) is 2.52. The Balaban J connectivity index is 1.66. The van der Waals surface area contributed by atoms with E-state index in [4.69, 9.17) is 4.74 Å². The number of hydrogen-bond donors (Lipinski definition) is 0. The normalized spacial score (nSPS) is 11.5. The number of aryl methyl sites for hydroxylation is 1. The summed E-state index contributed by atoms with van der Waals surface area (Å²) < 4.78 is 5.34. The van der Waals surface area contributed by atoms with E-state index < -0.39 is 0 Å². The van der Waals surface area contributed by atoms with Crippen LogP contribution in [0.1, 0.15) is 24.0 Å². The molecule has 2 nitrogen and oxygen atoms in total. The molecule has 0 aromatic heterocycles. The predicted octanol–water partition coefficient (Wildman–Crippen LogP) is 5.45. The summed E-state index contributed by atoms with van der Waals surface area (Å²) in [6.45, 7) is 0. The van der Waals surface area contributed by atoms with Gasteiger partial charge >= 0.3 is 0 Å². The minimum absolute atomic E-state index is 0.758. The van der Waals surface area contributed by atoms with Crippen LogP contribution in [0.4, 0.5) is 0 Å². The molecule has 0 aliphatic heterocycles. The maximum absolute atomic E-state index is 11.4. The van der Waals surface area contributed by atoms with E-state index in [2.05, 4.69) is 42.5 Å². The number of fused-ring (bicyclic) bond motifs is 1. The van der Waals surface area contributed by atoms with Gasteiger partial charge < -0.3 is 4.74 Å². The van der Waals surface area contributed by atoms with E-state index >= 15 is 0 Å². The molecule has 25 heavy (non-hydrogen) atoms. The predicted molar refractivity (Wildman–Crippen MR) is 104 cm³/mol. The lowest BCUT2D eigenvalue weighted by Crippen LogP contribution is -1.92. The Morgan fingerprint density at radius 2 is 1.72 bits per heavy atom. The Morgan fingerprint density at radius 3 is 2.52 bits per heavy atom. The first-order valence-electron chi connectivity index (χ1n) is 8.56. The second-order valence-corrected chi connectivity index (χ2v) is 6.11. The number of para-hydroxylation sites is 1. The Morgan fingerprint density at radius 1 is 0.960 bits per heavy atom. The van der Waals surface area contributed by atoms with Gasteiger partial charge in [-0.2, -0.15) is 0 Å². The summed E-state index contributed by atoms with van der Waals surface area (Å²) in [5.41, 5.74) is 3.05. The van der Waals surface area contributed by atoms with Crippen LogP contribution in [0.3, 0.4) is 0 Å².